The van der Waals surface area contributed by atoms with Crippen molar-refractivity contribution in [1.29, 1.82) is 0 Å². The second-order valence-corrected chi connectivity index (χ2v) is 3.76. The molecule has 1 heteroatoms. The summed E-state index contributed by atoms with van der Waals surface area (Å²) in [7, 11) is 4.63. The molecule has 0 spiro atoms. The van der Waals surface area contributed by atoms with Gasteiger partial charge in [0.05, 0.1) is 26.7 Å². The molecule has 0 bridgehead atoms. The maximum absolute atomic E-state index is 2.32. The summed E-state index contributed by atoms with van der Waals surface area (Å²) in [4.78, 5) is 0. The molecule has 0 radical (unpaired) electrons. The first-order chi connectivity index (χ1) is 4.67. The highest BCUT2D eigenvalue weighted by Crippen LogP contribution is 2.30. The fraction of sp³-hybridized carbons (Fsp3) is 0.800. The molecular weight excluding hydrogens is 134 g/mol. The molecule has 1 saturated carbocycles. The molecule has 0 aromatic carbocycles. The lowest BCUT2D eigenvalue weighted by Crippen LogP contribution is -2.41. The van der Waals surface area contributed by atoms with Gasteiger partial charge in [-0.1, -0.05) is 13.5 Å². The fourth-order valence-electron chi connectivity index (χ4n) is 1.30. The average molecular weight is 156 g/mol. The monoisotopic (exact) mass is 156 g/mol. The molecule has 0 aliphatic heterocycles. The molecule has 11 heavy (non-hydrogen) atoms. The molecule has 1 aliphatic carbocycles. The Morgan fingerprint density at radius 2 is 1.91 bits per heavy atom. The molecule has 0 atom stereocenters. The van der Waals surface area contributed by atoms with E-state index in [2.05, 4.69) is 33.2 Å². The first-order valence-corrected chi connectivity index (χ1v) is 4.10. The molecule has 0 heterocycles. The van der Waals surface area contributed by atoms with Crippen molar-refractivity contribution in [2.24, 2.45) is 0 Å². The Hall–Kier alpha value is -0.300. The summed E-state index contributed by atoms with van der Waals surface area (Å²) in [6, 6.07) is 0.955. The Labute approximate surface area is 71.3 Å². The Morgan fingerprint density at radius 1 is 1.36 bits per heavy atom. The van der Waals surface area contributed by atoms with Crippen LogP contribution in [0.25, 0.3) is 0 Å². The van der Waals surface area contributed by atoms with E-state index >= 15 is 0 Å². The van der Waals surface area contributed by atoms with Crippen molar-refractivity contribution in [2.45, 2.75) is 33.2 Å². The maximum Gasteiger partial charge on any atom is 0.0971 e. The largest absolute Gasteiger partial charge is 0.323 e. The van der Waals surface area contributed by atoms with E-state index in [4.69, 9.17) is 0 Å². The zero-order valence-electron chi connectivity index (χ0n) is 7.30. The number of likely N-dealkylation sites (N-methyl/N-ethyl adjacent to an activating group) is 1. The number of rotatable bonds is 3. The third-order valence-corrected chi connectivity index (χ3v) is 2.35. The molecule has 1 rings (SSSR count). The van der Waals surface area contributed by atoms with Crippen LogP contribution < -0.4 is 0 Å². The van der Waals surface area contributed by atoms with Crippen molar-refractivity contribution in [1.82, 2.24) is 0 Å². The van der Waals surface area contributed by atoms with Gasteiger partial charge in [0.25, 0.3) is 0 Å². The molecule has 0 saturated heterocycles. The first kappa shape index (κ1) is 10.7. The fourth-order valence-corrected chi connectivity index (χ4v) is 1.30. The summed E-state index contributed by atoms with van der Waals surface area (Å²) in [5.41, 5.74) is 0. The SMILES string of the molecule is C.C/C=C/C[N+](C)(C)C1CC1. The van der Waals surface area contributed by atoms with E-state index in [0.717, 1.165) is 6.04 Å². The van der Waals surface area contributed by atoms with Gasteiger partial charge in [0.1, 0.15) is 0 Å². The van der Waals surface area contributed by atoms with Crippen LogP contribution in [0.5, 0.6) is 0 Å². The van der Waals surface area contributed by atoms with Crippen LogP contribution in [-0.2, 0) is 0 Å². The van der Waals surface area contributed by atoms with Gasteiger partial charge < -0.3 is 4.48 Å². The summed E-state index contributed by atoms with van der Waals surface area (Å²) in [5.74, 6) is 0. The summed E-state index contributed by atoms with van der Waals surface area (Å²) < 4.78 is 1.18. The molecule has 1 fully saturated rings. The molecule has 1 nitrogen and oxygen atoms in total. The van der Waals surface area contributed by atoms with Crippen molar-refractivity contribution in [3.63, 3.8) is 0 Å². The van der Waals surface area contributed by atoms with Crippen LogP contribution in [0.1, 0.15) is 27.2 Å². The van der Waals surface area contributed by atoms with Crippen LogP contribution in [0.3, 0.4) is 0 Å². The Kier molecular flexibility index (Phi) is 3.81. The molecule has 0 N–H and O–H groups in total. The van der Waals surface area contributed by atoms with Crippen LogP contribution >= 0.6 is 0 Å². The van der Waals surface area contributed by atoms with E-state index < -0.39 is 0 Å². The number of hydrogen-bond donors (Lipinski definition) is 0. The summed E-state index contributed by atoms with van der Waals surface area (Å²) in [6.45, 7) is 3.29. The van der Waals surface area contributed by atoms with Gasteiger partial charge in [0.15, 0.2) is 0 Å². The summed E-state index contributed by atoms with van der Waals surface area (Å²) in [5, 5.41) is 0. The number of allylic oxidation sites excluding steroid dienone is 1. The summed E-state index contributed by atoms with van der Waals surface area (Å²) in [6.07, 6.45) is 7.27. The quantitative estimate of drug-likeness (QED) is 0.435. The topological polar surface area (TPSA) is 0 Å². The third kappa shape index (κ3) is 3.06. The van der Waals surface area contributed by atoms with Crippen LogP contribution in [0, 0.1) is 0 Å². The van der Waals surface area contributed by atoms with E-state index in [-0.39, 0.29) is 7.43 Å². The molecular formula is C10H22N+. The van der Waals surface area contributed by atoms with Gasteiger partial charge >= 0.3 is 0 Å². The standard InChI is InChI=1S/C9H18N.CH4/c1-4-5-8-10(2,3)9-6-7-9;/h4-5,9H,6-8H2,1-3H3;1H4/q+1;/b5-4+;. The van der Waals surface area contributed by atoms with E-state index in [1.165, 1.54) is 23.9 Å². The van der Waals surface area contributed by atoms with Gasteiger partial charge in [-0.2, -0.15) is 0 Å². The number of hydrogen-bond acceptors (Lipinski definition) is 0. The van der Waals surface area contributed by atoms with Gasteiger partial charge in [-0.25, -0.2) is 0 Å². The Morgan fingerprint density at radius 3 is 2.27 bits per heavy atom. The molecule has 66 valence electrons. The van der Waals surface area contributed by atoms with Gasteiger partial charge in [0.2, 0.25) is 0 Å². The van der Waals surface area contributed by atoms with E-state index in [0.29, 0.717) is 0 Å². The van der Waals surface area contributed by atoms with Gasteiger partial charge in [-0.3, -0.25) is 0 Å². The van der Waals surface area contributed by atoms with Crippen molar-refractivity contribution < 1.29 is 4.48 Å². The zero-order valence-corrected chi connectivity index (χ0v) is 7.30. The van der Waals surface area contributed by atoms with Crippen LogP contribution in [0.2, 0.25) is 0 Å². The highest BCUT2D eigenvalue weighted by Gasteiger charge is 2.36. The average Bonchev–Trinajstić information content (AvgIpc) is 2.64. The van der Waals surface area contributed by atoms with Crippen molar-refractivity contribution >= 4 is 0 Å². The number of quaternary nitrogens is 1. The van der Waals surface area contributed by atoms with E-state index in [9.17, 15) is 0 Å². The highest BCUT2D eigenvalue weighted by atomic mass is 15.3. The van der Waals surface area contributed by atoms with Crippen LogP contribution in [0.15, 0.2) is 12.2 Å². The maximum atomic E-state index is 2.32. The Balaban J connectivity index is 0.000001000. The minimum atomic E-state index is 0. The highest BCUT2D eigenvalue weighted by molar-refractivity contribution is 4.80. The predicted molar refractivity (Wildman–Crippen MR) is 51.5 cm³/mol. The third-order valence-electron chi connectivity index (χ3n) is 2.35. The van der Waals surface area contributed by atoms with Crippen molar-refractivity contribution in [2.75, 3.05) is 20.6 Å². The van der Waals surface area contributed by atoms with Gasteiger partial charge in [-0.15, -0.1) is 0 Å². The smallest absolute Gasteiger partial charge is 0.0971 e. The molecule has 0 aromatic heterocycles. The second-order valence-electron chi connectivity index (χ2n) is 3.76. The number of nitrogens with zero attached hydrogens (tertiary/aromatic N) is 1. The van der Waals surface area contributed by atoms with E-state index in [1.807, 2.05) is 0 Å². The van der Waals surface area contributed by atoms with Crippen molar-refractivity contribution in [3.8, 4) is 0 Å². The zero-order chi connectivity index (χ0) is 7.61. The minimum absolute atomic E-state index is 0. The van der Waals surface area contributed by atoms with Crippen LogP contribution in [-0.4, -0.2) is 31.2 Å². The minimum Gasteiger partial charge on any atom is -0.323 e. The first-order valence-electron chi connectivity index (χ1n) is 4.10. The molecule has 1 aliphatic rings. The normalized spacial score (nSPS) is 18.5. The molecule has 0 unspecified atom stereocenters. The second kappa shape index (κ2) is 3.91. The Bertz CT molecular complexity index is 132. The van der Waals surface area contributed by atoms with Gasteiger partial charge in [0, 0.05) is 12.8 Å². The predicted octanol–water partition coefficient (Wildman–Crippen LogP) is 2.44. The lowest BCUT2D eigenvalue weighted by molar-refractivity contribution is -0.895. The van der Waals surface area contributed by atoms with Gasteiger partial charge in [-0.05, 0) is 13.0 Å². The van der Waals surface area contributed by atoms with E-state index in [1.54, 1.807) is 0 Å². The molecule has 0 aromatic rings. The molecule has 0 amide bonds. The lowest BCUT2D eigenvalue weighted by atomic mass is 10.4. The van der Waals surface area contributed by atoms with Crippen molar-refractivity contribution in [3.05, 3.63) is 12.2 Å². The van der Waals surface area contributed by atoms with Crippen LogP contribution in [0.4, 0.5) is 0 Å². The summed E-state index contributed by atoms with van der Waals surface area (Å²) >= 11 is 0. The lowest BCUT2D eigenvalue weighted by Gasteiger charge is -2.28.